The first-order valence-electron chi connectivity index (χ1n) is 22.9. The van der Waals surface area contributed by atoms with Crippen LogP contribution in [0, 0.1) is 16.2 Å². The van der Waals surface area contributed by atoms with E-state index < -0.39 is 24.7 Å². The van der Waals surface area contributed by atoms with Crippen LogP contribution in [0.15, 0.2) is 77.3 Å². The van der Waals surface area contributed by atoms with Crippen LogP contribution in [0.4, 0.5) is 0 Å². The molecule has 8 nitrogen and oxygen atoms in total. The largest absolute Gasteiger partial charge is 0.660 e. The smallest absolute Gasteiger partial charge is 0.434 e. The number of nitrogens with zero attached hydrogens (tertiary/aromatic N) is 1. The molecule has 0 aliphatic rings. The summed E-state index contributed by atoms with van der Waals surface area (Å²) in [5.41, 5.74) is 4.26. The molecule has 0 spiro atoms. The molecule has 3 aromatic carbocycles. The fourth-order valence-electron chi connectivity index (χ4n) is 8.56. The Morgan fingerprint density at radius 3 is 1.29 bits per heavy atom. The fraction of sp³-hybridized carbons (Fsp3) is 0.647. The third-order valence-corrected chi connectivity index (χ3v) is 15.9. The number of nitrogens with one attached hydrogen (secondary N) is 1. The third kappa shape index (κ3) is 18.8. The minimum Gasteiger partial charge on any atom is -0.434 e. The van der Waals surface area contributed by atoms with Gasteiger partial charge in [-0.2, -0.15) is 4.52 Å². The molecule has 3 aromatic rings. The van der Waals surface area contributed by atoms with Gasteiger partial charge in [0.15, 0.2) is 11.5 Å². The highest BCUT2D eigenvalue weighted by molar-refractivity contribution is 7.75. The average molecular weight is 915 g/mol. The summed E-state index contributed by atoms with van der Waals surface area (Å²) < 4.78 is 45.4. The summed E-state index contributed by atoms with van der Waals surface area (Å²) in [6.07, 6.45) is 5.46. The van der Waals surface area contributed by atoms with Crippen LogP contribution in [-0.2, 0) is 29.8 Å². The van der Waals surface area contributed by atoms with Gasteiger partial charge in [-0.15, -0.1) is 4.52 Å². The molecule has 0 fully saturated rings. The Morgan fingerprint density at radius 1 is 0.516 bits per heavy atom. The fourth-order valence-corrected chi connectivity index (χ4v) is 14.5. The average Bonchev–Trinajstić information content (AvgIpc) is 3.13. The zero-order chi connectivity index (χ0) is 46.6. The Bertz CT molecular complexity index is 1810. The Balaban J connectivity index is 2.16. The van der Waals surface area contributed by atoms with E-state index in [2.05, 4.69) is 166 Å². The zero-order valence-electron chi connectivity index (χ0n) is 42.0. The van der Waals surface area contributed by atoms with Crippen molar-refractivity contribution in [1.29, 1.82) is 0 Å². The lowest BCUT2D eigenvalue weighted by molar-refractivity contribution is 0.279. The van der Waals surface area contributed by atoms with E-state index in [1.165, 1.54) is 16.7 Å². The summed E-state index contributed by atoms with van der Waals surface area (Å²) >= 11 is 0. The third-order valence-electron chi connectivity index (χ3n) is 10.1. The molecule has 0 aliphatic carbocycles. The van der Waals surface area contributed by atoms with Gasteiger partial charge in [0.1, 0.15) is 12.4 Å². The van der Waals surface area contributed by atoms with Crippen molar-refractivity contribution in [3.8, 4) is 17.2 Å². The molecule has 0 saturated carbocycles. The lowest BCUT2D eigenvalue weighted by Gasteiger charge is -2.33. The molecule has 3 atom stereocenters. The Morgan fingerprint density at radius 2 is 0.903 bits per heavy atom. The van der Waals surface area contributed by atoms with Crippen LogP contribution in [0.25, 0.3) is 0 Å². The molecular weight excluding hydrogens is 829 g/mol. The van der Waals surface area contributed by atoms with Crippen molar-refractivity contribution in [2.24, 2.45) is 20.8 Å². The van der Waals surface area contributed by atoms with E-state index in [-0.39, 0.29) is 32.5 Å². The lowest BCUT2D eigenvalue weighted by atomic mass is 9.72. The van der Waals surface area contributed by atoms with E-state index >= 15 is 0 Å². The van der Waals surface area contributed by atoms with Crippen molar-refractivity contribution in [1.82, 2.24) is 4.86 Å². The van der Waals surface area contributed by atoms with Crippen molar-refractivity contribution in [3.63, 3.8) is 0 Å². The second-order valence-electron chi connectivity index (χ2n) is 22.4. The van der Waals surface area contributed by atoms with E-state index in [4.69, 9.17) is 31.7 Å². The van der Waals surface area contributed by atoms with Gasteiger partial charge in [0.25, 0.3) is 0 Å². The molecule has 0 saturated heterocycles. The summed E-state index contributed by atoms with van der Waals surface area (Å²) in [5, 5.41) is 0. The molecule has 62 heavy (non-hydrogen) atoms. The van der Waals surface area contributed by atoms with Crippen molar-refractivity contribution in [2.45, 2.75) is 179 Å². The molecule has 0 aromatic heterocycles. The van der Waals surface area contributed by atoms with Crippen LogP contribution in [-0.4, -0.2) is 19.8 Å². The molecular formula is C51H85N2O6P3+2. The second kappa shape index (κ2) is 22.9. The molecule has 11 heteroatoms. The maximum atomic E-state index is 7.01. The SMILES string of the molecule is CCCOP(N[P+](N=[P+](OCCC)Oc1ccc(C(C)(C)CC(C)(C)C)cc1)(OCCC)Oc1ccc(C(C)(C)CC(C)(C)C)cc1)Oc1ccc(C(C)(C)CC(C)(C)C)cc1. The van der Waals surface area contributed by atoms with Gasteiger partial charge in [-0.1, -0.05) is 161 Å². The maximum absolute atomic E-state index is 7.01. The highest BCUT2D eigenvalue weighted by atomic mass is 31.3. The number of hydrogen-bond donors (Lipinski definition) is 1. The van der Waals surface area contributed by atoms with Gasteiger partial charge in [0, 0.05) is 0 Å². The predicted molar refractivity (Wildman–Crippen MR) is 268 cm³/mol. The van der Waals surface area contributed by atoms with Crippen LogP contribution in [0.1, 0.15) is 180 Å². The summed E-state index contributed by atoms with van der Waals surface area (Å²) in [5.74, 6) is 1.97. The molecule has 1 N–H and O–H groups in total. The molecule has 3 rings (SSSR count). The second-order valence-corrected chi connectivity index (χ2v) is 27.3. The van der Waals surface area contributed by atoms with Crippen molar-refractivity contribution >= 4 is 24.7 Å². The van der Waals surface area contributed by atoms with Crippen molar-refractivity contribution < 1.29 is 27.1 Å². The first kappa shape index (κ1) is 54.2. The number of hydrogen-bond acceptors (Lipinski definition) is 8. The van der Waals surface area contributed by atoms with Crippen LogP contribution < -0.4 is 18.4 Å². The van der Waals surface area contributed by atoms with E-state index in [0.29, 0.717) is 37.1 Å². The maximum Gasteiger partial charge on any atom is 0.660 e. The van der Waals surface area contributed by atoms with Crippen molar-refractivity contribution in [2.75, 3.05) is 19.8 Å². The highest BCUT2D eigenvalue weighted by Gasteiger charge is 2.57. The Hall–Kier alpha value is -2.14. The van der Waals surface area contributed by atoms with Crippen LogP contribution in [0.3, 0.4) is 0 Å². The Kier molecular flexibility index (Phi) is 20.0. The standard InChI is InChI=1S/C51H85N2O6P3/c1-19-34-54-60(57-43-28-22-40(23-29-43)49(13,14)37-46(4,5)6)52-62(56-36-21-3,59-45-32-26-42(27-33-45)51(17,18)39-48(10,11)12)53-61(55-35-20-2)58-44-30-24-41(25-31-44)50(15,16)38-47(7,8)9/h22-33,52H,19-21,34-39H2,1-18H3/q+2. The van der Waals surface area contributed by atoms with Crippen molar-refractivity contribution in [3.05, 3.63) is 89.5 Å². The normalized spacial score (nSPS) is 15.0. The highest BCUT2D eigenvalue weighted by Crippen LogP contribution is 2.67. The Labute approximate surface area is 381 Å². The minimum atomic E-state index is -3.48. The van der Waals surface area contributed by atoms with Gasteiger partial charge in [-0.3, -0.25) is 4.52 Å². The lowest BCUT2D eigenvalue weighted by Crippen LogP contribution is -2.24. The van der Waals surface area contributed by atoms with Crippen LogP contribution >= 0.6 is 24.7 Å². The van der Waals surface area contributed by atoms with Gasteiger partial charge in [-0.05, 0) is 129 Å². The molecule has 0 amide bonds. The van der Waals surface area contributed by atoms with E-state index in [9.17, 15) is 0 Å². The molecule has 348 valence electrons. The van der Waals surface area contributed by atoms with E-state index in [1.807, 2.05) is 36.4 Å². The van der Waals surface area contributed by atoms with Crippen LogP contribution in [0.2, 0.25) is 0 Å². The monoisotopic (exact) mass is 915 g/mol. The number of rotatable bonds is 24. The minimum absolute atomic E-state index is 0.00398. The quantitative estimate of drug-likeness (QED) is 0.0897. The summed E-state index contributed by atoms with van der Waals surface area (Å²) in [4.78, 5) is 3.61. The summed E-state index contributed by atoms with van der Waals surface area (Å²) in [6.45, 7) is 41.9. The van der Waals surface area contributed by atoms with E-state index in [0.717, 1.165) is 38.5 Å². The molecule has 0 bridgehead atoms. The first-order valence-corrected chi connectivity index (χ1v) is 26.8. The van der Waals surface area contributed by atoms with Gasteiger partial charge < -0.3 is 9.05 Å². The predicted octanol–water partition coefficient (Wildman–Crippen LogP) is 17.6. The van der Waals surface area contributed by atoms with Gasteiger partial charge in [0.2, 0.25) is 4.52 Å². The van der Waals surface area contributed by atoms with Crippen LogP contribution in [0.5, 0.6) is 17.2 Å². The molecule has 0 aliphatic heterocycles. The van der Waals surface area contributed by atoms with Gasteiger partial charge in [0.05, 0.1) is 13.2 Å². The van der Waals surface area contributed by atoms with Gasteiger partial charge >= 0.3 is 24.7 Å². The number of benzene rings is 3. The molecule has 3 unspecified atom stereocenters. The zero-order valence-corrected chi connectivity index (χ0v) is 44.7. The molecule has 0 radical (unpaired) electrons. The summed E-state index contributed by atoms with van der Waals surface area (Å²) in [7, 11) is -7.21. The topological polar surface area (TPSA) is 79.8 Å². The van der Waals surface area contributed by atoms with Gasteiger partial charge in [-0.25, -0.2) is 4.52 Å². The molecule has 0 heterocycles. The summed E-state index contributed by atoms with van der Waals surface area (Å²) in [6, 6.07) is 25.1. The van der Waals surface area contributed by atoms with E-state index in [1.54, 1.807) is 0 Å². The first-order chi connectivity index (χ1) is 28.6.